The molecule has 0 saturated carbocycles. The highest BCUT2D eigenvalue weighted by Gasteiger charge is 2.45. The zero-order chi connectivity index (χ0) is 31.2. The van der Waals surface area contributed by atoms with Crippen LogP contribution in [0.2, 0.25) is 0 Å². The molecular formula is C34H39N3O6. The lowest BCUT2D eigenvalue weighted by atomic mass is 9.77. The van der Waals surface area contributed by atoms with Gasteiger partial charge in [-0.15, -0.1) is 0 Å². The number of esters is 2. The molecule has 1 saturated heterocycles. The van der Waals surface area contributed by atoms with Crippen LogP contribution in [0, 0.1) is 0 Å². The van der Waals surface area contributed by atoms with E-state index in [9.17, 15) is 19.2 Å². The number of rotatable bonds is 9. The summed E-state index contributed by atoms with van der Waals surface area (Å²) in [5.41, 5.74) is 6.98. The van der Waals surface area contributed by atoms with Crippen LogP contribution in [-0.2, 0) is 34.2 Å². The summed E-state index contributed by atoms with van der Waals surface area (Å²) in [4.78, 5) is 53.4. The molecular weight excluding hydrogens is 546 g/mol. The highest BCUT2D eigenvalue weighted by molar-refractivity contribution is 5.92. The van der Waals surface area contributed by atoms with Gasteiger partial charge in [0.1, 0.15) is 23.3 Å². The molecule has 1 aliphatic heterocycles. The summed E-state index contributed by atoms with van der Waals surface area (Å²) in [7, 11) is 0. The number of hydrogen-bond acceptors (Lipinski definition) is 7. The summed E-state index contributed by atoms with van der Waals surface area (Å²) in [6, 6.07) is 26.5. The number of ether oxygens (including phenoxy) is 2. The van der Waals surface area contributed by atoms with Crippen molar-refractivity contribution in [3.63, 3.8) is 0 Å². The van der Waals surface area contributed by atoms with Gasteiger partial charge in [-0.25, -0.2) is 4.79 Å². The largest absolute Gasteiger partial charge is 0.461 e. The normalized spacial score (nSPS) is 17.6. The number of carbonyl (C=O) groups is 4. The zero-order valence-corrected chi connectivity index (χ0v) is 25.0. The number of amides is 2. The van der Waals surface area contributed by atoms with Gasteiger partial charge < -0.3 is 25.4 Å². The minimum absolute atomic E-state index is 0.0281. The maximum atomic E-state index is 13.8. The van der Waals surface area contributed by atoms with Crippen LogP contribution >= 0.6 is 0 Å². The van der Waals surface area contributed by atoms with Crippen molar-refractivity contribution in [2.45, 2.75) is 69.9 Å². The summed E-state index contributed by atoms with van der Waals surface area (Å²) in [6.45, 7) is 6.42. The van der Waals surface area contributed by atoms with Gasteiger partial charge in [-0.1, -0.05) is 91.0 Å². The smallest absolute Gasteiger partial charge is 0.329 e. The van der Waals surface area contributed by atoms with Crippen molar-refractivity contribution in [3.8, 4) is 0 Å². The molecule has 0 radical (unpaired) electrons. The number of carbonyl (C=O) groups excluding carboxylic acids is 4. The lowest BCUT2D eigenvalue weighted by molar-refractivity contribution is -0.163. The summed E-state index contributed by atoms with van der Waals surface area (Å²) < 4.78 is 10.9. The van der Waals surface area contributed by atoms with E-state index < -0.39 is 53.1 Å². The second-order valence-electron chi connectivity index (χ2n) is 11.7. The van der Waals surface area contributed by atoms with Gasteiger partial charge in [-0.3, -0.25) is 14.4 Å². The Balaban J connectivity index is 1.62. The molecule has 226 valence electrons. The summed E-state index contributed by atoms with van der Waals surface area (Å²) in [6.07, 6.45) is -0.955. The molecule has 9 nitrogen and oxygen atoms in total. The molecule has 3 aromatic rings. The first-order chi connectivity index (χ1) is 20.4. The summed E-state index contributed by atoms with van der Waals surface area (Å²) in [5.74, 6) is -2.21. The molecule has 9 heteroatoms. The maximum Gasteiger partial charge on any atom is 0.329 e. The molecule has 1 fully saturated rings. The second kappa shape index (κ2) is 13.2. The van der Waals surface area contributed by atoms with Crippen molar-refractivity contribution >= 4 is 23.8 Å². The lowest BCUT2D eigenvalue weighted by Crippen LogP contribution is -2.53. The molecule has 3 atom stereocenters. The summed E-state index contributed by atoms with van der Waals surface area (Å²) in [5, 5.41) is 3.21. The third-order valence-corrected chi connectivity index (χ3v) is 7.23. The molecule has 3 N–H and O–H groups in total. The predicted molar refractivity (Wildman–Crippen MR) is 161 cm³/mol. The molecule has 43 heavy (non-hydrogen) atoms. The van der Waals surface area contributed by atoms with E-state index in [4.69, 9.17) is 15.2 Å². The van der Waals surface area contributed by atoms with E-state index in [1.54, 1.807) is 20.8 Å². The second-order valence-corrected chi connectivity index (χ2v) is 11.7. The Labute approximate surface area is 252 Å². The minimum Gasteiger partial charge on any atom is -0.461 e. The van der Waals surface area contributed by atoms with E-state index in [1.165, 1.54) is 11.8 Å². The number of hydrogen-bond donors (Lipinski definition) is 2. The van der Waals surface area contributed by atoms with Gasteiger partial charge in [0.05, 0.1) is 19.0 Å². The topological polar surface area (TPSA) is 128 Å². The van der Waals surface area contributed by atoms with Crippen molar-refractivity contribution in [2.24, 2.45) is 5.73 Å². The fourth-order valence-electron chi connectivity index (χ4n) is 5.50. The van der Waals surface area contributed by atoms with Gasteiger partial charge in [0.15, 0.2) is 0 Å². The van der Waals surface area contributed by atoms with Crippen molar-refractivity contribution in [1.29, 1.82) is 0 Å². The number of nitrogens with one attached hydrogen (secondary N) is 1. The third kappa shape index (κ3) is 7.48. The van der Waals surface area contributed by atoms with Crippen LogP contribution in [0.15, 0.2) is 91.0 Å². The fraction of sp³-hybridized carbons (Fsp3) is 0.353. The third-order valence-electron chi connectivity index (χ3n) is 7.23. The van der Waals surface area contributed by atoms with Gasteiger partial charge in [0.2, 0.25) is 11.8 Å². The zero-order valence-electron chi connectivity index (χ0n) is 25.0. The van der Waals surface area contributed by atoms with Crippen LogP contribution in [0.5, 0.6) is 0 Å². The molecule has 0 aromatic heterocycles. The first-order valence-electron chi connectivity index (χ1n) is 14.3. The van der Waals surface area contributed by atoms with Gasteiger partial charge in [0, 0.05) is 13.3 Å². The Kier molecular flexibility index (Phi) is 9.66. The van der Waals surface area contributed by atoms with Crippen molar-refractivity contribution in [2.75, 3.05) is 6.54 Å². The first-order valence-corrected chi connectivity index (χ1v) is 14.3. The van der Waals surface area contributed by atoms with Crippen LogP contribution in [0.3, 0.4) is 0 Å². The van der Waals surface area contributed by atoms with Crippen molar-refractivity contribution in [1.82, 2.24) is 10.2 Å². The van der Waals surface area contributed by atoms with Crippen LogP contribution in [0.25, 0.3) is 0 Å². The van der Waals surface area contributed by atoms with Gasteiger partial charge in [-0.05, 0) is 37.5 Å². The van der Waals surface area contributed by atoms with Crippen molar-refractivity contribution < 1.29 is 28.7 Å². The summed E-state index contributed by atoms with van der Waals surface area (Å²) >= 11 is 0. The molecule has 1 heterocycles. The monoisotopic (exact) mass is 585 g/mol. The SMILES string of the molecule is CC(=O)O[C@@H]1CC(C(=O)OC(C)(C)C)N(C(=O)[C@@H](N)CC(=O)NC(c2ccccc2)(c2ccccc2)c2ccccc2)C1. The highest BCUT2D eigenvalue weighted by Crippen LogP contribution is 2.37. The minimum atomic E-state index is -1.26. The number of nitrogens with two attached hydrogens (primary N) is 1. The maximum absolute atomic E-state index is 13.8. The van der Waals surface area contributed by atoms with Gasteiger partial charge in [-0.2, -0.15) is 0 Å². The highest BCUT2D eigenvalue weighted by atomic mass is 16.6. The Morgan fingerprint density at radius 2 is 1.33 bits per heavy atom. The molecule has 1 aliphatic rings. The van der Waals surface area contributed by atoms with Crippen molar-refractivity contribution in [3.05, 3.63) is 108 Å². The van der Waals surface area contributed by atoms with Gasteiger partial charge >= 0.3 is 11.9 Å². The van der Waals surface area contributed by atoms with Crippen LogP contribution in [0.4, 0.5) is 0 Å². The Morgan fingerprint density at radius 1 is 0.860 bits per heavy atom. The number of nitrogens with zero attached hydrogens (tertiary/aromatic N) is 1. The number of benzene rings is 3. The van der Waals surface area contributed by atoms with E-state index in [1.807, 2.05) is 91.0 Å². The average Bonchev–Trinajstić information content (AvgIpc) is 3.39. The number of likely N-dealkylation sites (tertiary alicyclic amines) is 1. The Bertz CT molecular complexity index is 1330. The molecule has 2 amide bonds. The van der Waals surface area contributed by atoms with E-state index in [0.717, 1.165) is 16.7 Å². The Hall–Kier alpha value is -4.50. The molecule has 1 unspecified atom stereocenters. The van der Waals surface area contributed by atoms with E-state index >= 15 is 0 Å². The van der Waals surface area contributed by atoms with Crippen LogP contribution in [0.1, 0.15) is 57.2 Å². The van der Waals surface area contributed by atoms with E-state index in [2.05, 4.69) is 5.32 Å². The Morgan fingerprint density at radius 3 is 1.74 bits per heavy atom. The molecule has 0 spiro atoms. The van der Waals surface area contributed by atoms with Crippen LogP contribution < -0.4 is 11.1 Å². The fourth-order valence-corrected chi connectivity index (χ4v) is 5.50. The lowest BCUT2D eigenvalue weighted by Gasteiger charge is -2.37. The molecule has 3 aromatic carbocycles. The predicted octanol–water partition coefficient (Wildman–Crippen LogP) is 3.69. The molecule has 0 bridgehead atoms. The van der Waals surface area contributed by atoms with Crippen LogP contribution in [-0.4, -0.2) is 59.0 Å². The van der Waals surface area contributed by atoms with E-state index in [-0.39, 0.29) is 19.4 Å². The van der Waals surface area contributed by atoms with E-state index in [0.29, 0.717) is 0 Å². The molecule has 0 aliphatic carbocycles. The average molecular weight is 586 g/mol. The standard InChI is InChI=1S/C34H39N3O6/c1-23(38)42-27-20-29(32(41)43-33(2,3)4)37(22-27)31(40)28(35)21-30(39)36-34(24-14-8-5-9-15-24,25-16-10-6-11-17-25)26-18-12-7-13-19-26/h5-19,27-29H,20-22,35H2,1-4H3,(H,36,39)/t27-,28+,29?/m1/s1. The molecule has 4 rings (SSSR count). The quantitative estimate of drug-likeness (QED) is 0.290. The van der Waals surface area contributed by atoms with Gasteiger partial charge in [0.25, 0.3) is 0 Å². The first kappa shape index (κ1) is 31.4.